The lowest BCUT2D eigenvalue weighted by Gasteiger charge is -2.11. The van der Waals surface area contributed by atoms with Crippen molar-refractivity contribution in [2.45, 2.75) is 60.7 Å². The molecule has 0 aromatic carbocycles. The number of carbonyl (C=O) groups is 1. The number of hydrogen-bond acceptors (Lipinski definition) is 5. The van der Waals surface area contributed by atoms with Gasteiger partial charge in [-0.2, -0.15) is 0 Å². The van der Waals surface area contributed by atoms with Gasteiger partial charge in [0.1, 0.15) is 21.8 Å². The molecule has 142 valence electrons. The molecule has 0 amide bonds. The highest BCUT2D eigenvalue weighted by molar-refractivity contribution is 9.10. The van der Waals surface area contributed by atoms with Crippen LogP contribution in [-0.4, -0.2) is 28.0 Å². The number of pyridine rings is 2. The van der Waals surface area contributed by atoms with E-state index in [9.17, 15) is 4.79 Å². The Morgan fingerprint density at radius 3 is 1.73 bits per heavy atom. The van der Waals surface area contributed by atoms with Gasteiger partial charge >= 0.3 is 0 Å². The molecule has 0 saturated heterocycles. The largest absolute Gasteiger partial charge is 0.489 e. The van der Waals surface area contributed by atoms with Gasteiger partial charge in [-0.1, -0.05) is 0 Å². The number of ether oxygens (including phenoxy) is 2. The summed E-state index contributed by atoms with van der Waals surface area (Å²) in [6, 6.07) is 7.28. The lowest BCUT2D eigenvalue weighted by Crippen LogP contribution is -2.08. The molecule has 0 aliphatic rings. The molecule has 0 N–H and O–H groups in total. The standard InChI is InChI=1S/C11H15NO2.C9H12BrNO/c1-7(2)14-11-6-5-10(9(4)13)12-8(11)3;1-6(2)12-8-4-5-9(10)11-7(8)3/h5-7H,1-4H3;4-6H,1-3H3. The van der Waals surface area contributed by atoms with Crippen LogP contribution in [0.3, 0.4) is 0 Å². The van der Waals surface area contributed by atoms with Gasteiger partial charge in [0.05, 0.1) is 23.6 Å². The normalized spacial score (nSPS) is 10.4. The Morgan fingerprint density at radius 2 is 1.35 bits per heavy atom. The second-order valence-corrected chi connectivity index (χ2v) is 7.20. The molecule has 0 bridgehead atoms. The van der Waals surface area contributed by atoms with E-state index >= 15 is 0 Å². The minimum absolute atomic E-state index is 0.0239. The van der Waals surface area contributed by atoms with Crippen molar-refractivity contribution in [2.75, 3.05) is 0 Å². The van der Waals surface area contributed by atoms with Gasteiger partial charge in [-0.3, -0.25) is 4.79 Å². The van der Waals surface area contributed by atoms with Gasteiger partial charge in [0.25, 0.3) is 0 Å². The lowest BCUT2D eigenvalue weighted by molar-refractivity contribution is 0.101. The molecule has 2 rings (SSSR count). The maximum absolute atomic E-state index is 11.0. The predicted molar refractivity (Wildman–Crippen MR) is 107 cm³/mol. The van der Waals surface area contributed by atoms with Gasteiger partial charge in [-0.05, 0) is 81.7 Å². The monoisotopic (exact) mass is 422 g/mol. The summed E-state index contributed by atoms with van der Waals surface area (Å²) in [6.07, 6.45) is 0.324. The SMILES string of the molecule is CC(=O)c1ccc(OC(C)C)c(C)n1.Cc1nc(Br)ccc1OC(C)C. The molecule has 0 spiro atoms. The molecular weight excluding hydrogens is 396 g/mol. The fourth-order valence-corrected chi connectivity index (χ4v) is 2.42. The Kier molecular flexibility index (Phi) is 8.72. The molecule has 0 atom stereocenters. The fraction of sp³-hybridized carbons (Fsp3) is 0.450. The zero-order valence-electron chi connectivity index (χ0n) is 16.5. The molecule has 26 heavy (non-hydrogen) atoms. The average molecular weight is 423 g/mol. The van der Waals surface area contributed by atoms with Gasteiger partial charge in [-0.15, -0.1) is 0 Å². The smallest absolute Gasteiger partial charge is 0.178 e. The molecule has 0 aliphatic heterocycles. The summed E-state index contributed by atoms with van der Waals surface area (Å²) < 4.78 is 11.9. The first-order valence-corrected chi connectivity index (χ1v) is 9.34. The van der Waals surface area contributed by atoms with Crippen LogP contribution in [0.4, 0.5) is 0 Å². The van der Waals surface area contributed by atoms with Crippen LogP contribution in [0, 0.1) is 13.8 Å². The third kappa shape index (κ3) is 7.52. The number of hydrogen-bond donors (Lipinski definition) is 0. The maximum atomic E-state index is 11.0. The van der Waals surface area contributed by atoms with E-state index in [1.165, 1.54) is 6.92 Å². The van der Waals surface area contributed by atoms with E-state index in [0.29, 0.717) is 5.69 Å². The number of ketones is 1. The second-order valence-electron chi connectivity index (χ2n) is 6.39. The summed E-state index contributed by atoms with van der Waals surface area (Å²) in [5, 5.41) is 0. The van der Waals surface area contributed by atoms with Gasteiger partial charge in [0.2, 0.25) is 0 Å². The molecule has 5 nitrogen and oxygen atoms in total. The molecule has 6 heteroatoms. The number of aryl methyl sites for hydroxylation is 2. The quantitative estimate of drug-likeness (QED) is 0.481. The van der Waals surface area contributed by atoms with E-state index in [2.05, 4.69) is 25.9 Å². The minimum atomic E-state index is -0.0239. The van der Waals surface area contributed by atoms with Crippen LogP contribution in [0.1, 0.15) is 56.5 Å². The van der Waals surface area contributed by atoms with E-state index in [1.54, 1.807) is 12.1 Å². The summed E-state index contributed by atoms with van der Waals surface area (Å²) in [4.78, 5) is 19.4. The van der Waals surface area contributed by atoms with Crippen LogP contribution in [0.2, 0.25) is 0 Å². The van der Waals surface area contributed by atoms with Crippen molar-refractivity contribution in [3.63, 3.8) is 0 Å². The lowest BCUT2D eigenvalue weighted by atomic mass is 10.2. The number of rotatable bonds is 5. The Balaban J connectivity index is 0.000000263. The third-order valence-electron chi connectivity index (χ3n) is 3.13. The summed E-state index contributed by atoms with van der Waals surface area (Å²) in [5.41, 5.74) is 2.16. The van der Waals surface area contributed by atoms with Crippen LogP contribution in [0.5, 0.6) is 11.5 Å². The average Bonchev–Trinajstić information content (AvgIpc) is 2.52. The molecule has 2 heterocycles. The van der Waals surface area contributed by atoms with Gasteiger partial charge in [0, 0.05) is 6.92 Å². The van der Waals surface area contributed by atoms with Gasteiger partial charge in [-0.25, -0.2) is 9.97 Å². The third-order valence-corrected chi connectivity index (χ3v) is 3.57. The first-order chi connectivity index (χ1) is 12.1. The van der Waals surface area contributed by atoms with Crippen LogP contribution >= 0.6 is 15.9 Å². The van der Waals surface area contributed by atoms with Gasteiger partial charge < -0.3 is 9.47 Å². The Bertz CT molecular complexity index is 746. The number of nitrogens with zero attached hydrogens (tertiary/aromatic N) is 2. The predicted octanol–water partition coefficient (Wildman–Crippen LogP) is 5.32. The highest BCUT2D eigenvalue weighted by atomic mass is 79.9. The Hall–Kier alpha value is -1.95. The van der Waals surface area contributed by atoms with E-state index in [1.807, 2.05) is 53.7 Å². The number of Topliss-reactive ketones (excluding diaryl/α,β-unsaturated/α-hetero) is 1. The summed E-state index contributed by atoms with van der Waals surface area (Å²) in [6.45, 7) is 13.2. The van der Waals surface area contributed by atoms with Crippen molar-refractivity contribution < 1.29 is 14.3 Å². The van der Waals surface area contributed by atoms with Crippen molar-refractivity contribution in [3.8, 4) is 11.5 Å². The van der Waals surface area contributed by atoms with E-state index < -0.39 is 0 Å². The number of aromatic nitrogens is 2. The minimum Gasteiger partial charge on any atom is -0.489 e. The Labute approximate surface area is 164 Å². The summed E-state index contributed by atoms with van der Waals surface area (Å²) >= 11 is 3.30. The van der Waals surface area contributed by atoms with E-state index in [4.69, 9.17) is 9.47 Å². The highest BCUT2D eigenvalue weighted by Crippen LogP contribution is 2.19. The van der Waals surface area contributed by atoms with Gasteiger partial charge in [0.15, 0.2) is 5.78 Å². The molecule has 2 aromatic heterocycles. The summed E-state index contributed by atoms with van der Waals surface area (Å²) in [5.74, 6) is 1.57. The fourth-order valence-electron chi connectivity index (χ4n) is 2.02. The number of carbonyl (C=O) groups excluding carboxylic acids is 1. The maximum Gasteiger partial charge on any atom is 0.178 e. The van der Waals surface area contributed by atoms with Crippen molar-refractivity contribution in [1.29, 1.82) is 0 Å². The van der Waals surface area contributed by atoms with Crippen LogP contribution in [0.15, 0.2) is 28.9 Å². The topological polar surface area (TPSA) is 61.3 Å². The van der Waals surface area contributed by atoms with E-state index in [0.717, 1.165) is 27.5 Å². The zero-order chi connectivity index (χ0) is 19.9. The van der Waals surface area contributed by atoms with E-state index in [-0.39, 0.29) is 18.0 Å². The number of halogens is 1. The molecule has 0 unspecified atom stereocenters. The second kappa shape index (κ2) is 10.3. The molecular formula is C20H27BrN2O3. The first kappa shape index (κ1) is 22.1. The molecule has 0 saturated carbocycles. The van der Waals surface area contributed by atoms with Crippen molar-refractivity contribution in [1.82, 2.24) is 9.97 Å². The van der Waals surface area contributed by atoms with Crippen molar-refractivity contribution >= 4 is 21.7 Å². The van der Waals surface area contributed by atoms with Crippen LogP contribution in [0.25, 0.3) is 0 Å². The highest BCUT2D eigenvalue weighted by Gasteiger charge is 2.07. The molecule has 0 radical (unpaired) electrons. The van der Waals surface area contributed by atoms with Crippen molar-refractivity contribution in [3.05, 3.63) is 46.0 Å². The Morgan fingerprint density at radius 1 is 0.885 bits per heavy atom. The zero-order valence-corrected chi connectivity index (χ0v) is 18.0. The molecule has 2 aromatic rings. The molecule has 0 aliphatic carbocycles. The first-order valence-electron chi connectivity index (χ1n) is 8.55. The summed E-state index contributed by atoms with van der Waals surface area (Å²) in [7, 11) is 0. The molecule has 0 fully saturated rings. The van der Waals surface area contributed by atoms with Crippen LogP contribution < -0.4 is 9.47 Å². The van der Waals surface area contributed by atoms with Crippen molar-refractivity contribution in [2.24, 2.45) is 0 Å². The van der Waals surface area contributed by atoms with Crippen LogP contribution in [-0.2, 0) is 0 Å².